The molecule has 0 saturated heterocycles. The first-order valence-electron chi connectivity index (χ1n) is 6.82. The molecule has 0 radical (unpaired) electrons. The van der Waals surface area contributed by atoms with Crippen LogP contribution >= 0.6 is 0 Å². The smallest absolute Gasteiger partial charge is 0.0398 e. The summed E-state index contributed by atoms with van der Waals surface area (Å²) in [7, 11) is 0. The van der Waals surface area contributed by atoms with Crippen LogP contribution in [0.2, 0.25) is 0 Å². The van der Waals surface area contributed by atoms with E-state index in [4.69, 9.17) is 0 Å². The first-order valence-corrected chi connectivity index (χ1v) is 6.82. The highest BCUT2D eigenvalue weighted by atomic mass is 13.8. The lowest BCUT2D eigenvalue weighted by atomic mass is 10.3. The van der Waals surface area contributed by atoms with E-state index in [0.29, 0.717) is 0 Å². The third-order valence-electron chi connectivity index (χ3n) is 2.55. The van der Waals surface area contributed by atoms with Crippen LogP contribution in [-0.4, -0.2) is 0 Å². The second-order valence-corrected chi connectivity index (χ2v) is 4.46. The molecule has 1 aromatic rings. The molecule has 1 rings (SSSR count). The van der Waals surface area contributed by atoms with E-state index >= 15 is 0 Å². The number of hydrogen-bond acceptors (Lipinski definition) is 0. The summed E-state index contributed by atoms with van der Waals surface area (Å²) in [6.45, 7) is 4.17. The Morgan fingerprint density at radius 1 is 0.350 bits per heavy atom. The third-order valence-corrected chi connectivity index (χ3v) is 2.55. The van der Waals surface area contributed by atoms with Gasteiger partial charge in [-0.25, -0.2) is 0 Å². The van der Waals surface area contributed by atoms with Gasteiger partial charge in [-0.1, -0.05) is 108 Å². The van der Waals surface area contributed by atoms with Crippen LogP contribution in [0.5, 0.6) is 0 Å². The van der Waals surface area contributed by atoms with Crippen molar-refractivity contribution in [3.63, 3.8) is 0 Å². The molecule has 0 atom stereocenters. The van der Waals surface area contributed by atoms with E-state index in [9.17, 15) is 0 Å². The molecule has 0 aliphatic carbocycles. The summed E-state index contributed by atoms with van der Waals surface area (Å²) in [4.78, 5) is 0. The van der Waals surface area contributed by atoms with Gasteiger partial charge in [0.15, 0.2) is 0 Å². The molecule has 0 aliphatic heterocycles. The third kappa shape index (κ3) is 8.71. The van der Waals surface area contributed by atoms with Crippen molar-refractivity contribution in [1.82, 2.24) is 0 Å². The van der Waals surface area contributed by atoms with E-state index in [0.717, 1.165) is 0 Å². The quantitative estimate of drug-likeness (QED) is 0.564. The zero-order chi connectivity index (χ0) is 14.5. The van der Waals surface area contributed by atoms with Crippen LogP contribution in [0.1, 0.15) is 11.1 Å². The summed E-state index contributed by atoms with van der Waals surface area (Å²) < 4.78 is 0. The number of hydrogen-bond donors (Lipinski definition) is 0. The normalized spacial score (nSPS) is 8.50. The minimum Gasteiger partial charge on any atom is -0.0623 e. The number of aryl methyl sites for hydroxylation is 2. The summed E-state index contributed by atoms with van der Waals surface area (Å²) in [5.41, 5.74) is 2.44. The average Bonchev–Trinajstić information content (AvgIpc) is 2.43. The minimum absolute atomic E-state index is 1.22. The molecule has 0 heteroatoms. The monoisotopic (exact) mass is 262 g/mol. The van der Waals surface area contributed by atoms with Crippen LogP contribution in [-0.2, 0) is 0 Å². The standard InChI is InChI=1S/C20H22/c1-19-15-11-7-5-3-4-6-8-12-16-20(2)18-14-10-9-13-17-19/h3-18H,1-2H3. The average molecular weight is 262 g/mol. The van der Waals surface area contributed by atoms with Gasteiger partial charge in [0, 0.05) is 0 Å². The Morgan fingerprint density at radius 2 is 0.550 bits per heavy atom. The van der Waals surface area contributed by atoms with Crippen LogP contribution in [0.3, 0.4) is 0 Å². The van der Waals surface area contributed by atoms with Crippen molar-refractivity contribution in [2.24, 2.45) is 0 Å². The fraction of sp³-hybridized carbons (Fsp3) is 0.100. The van der Waals surface area contributed by atoms with E-state index in [1.807, 2.05) is 72.8 Å². The minimum atomic E-state index is 1.22. The molecule has 20 heavy (non-hydrogen) atoms. The van der Waals surface area contributed by atoms with E-state index < -0.39 is 0 Å². The Bertz CT molecular complexity index is 517. The Labute approximate surface area is 122 Å². The van der Waals surface area contributed by atoms with Crippen molar-refractivity contribution in [2.75, 3.05) is 0 Å². The van der Waals surface area contributed by atoms with Crippen molar-refractivity contribution in [3.05, 3.63) is 108 Å². The van der Waals surface area contributed by atoms with Crippen molar-refractivity contribution in [3.8, 4) is 0 Å². The molecule has 0 saturated carbocycles. The van der Waals surface area contributed by atoms with Crippen molar-refractivity contribution in [2.45, 2.75) is 13.8 Å². The number of rotatable bonds is 0. The highest BCUT2D eigenvalue weighted by Crippen LogP contribution is 1.91. The van der Waals surface area contributed by atoms with Crippen LogP contribution in [0.4, 0.5) is 0 Å². The van der Waals surface area contributed by atoms with Gasteiger partial charge in [-0.05, 0) is 13.8 Å². The van der Waals surface area contributed by atoms with Gasteiger partial charge < -0.3 is 0 Å². The molecule has 0 nitrogen and oxygen atoms in total. The lowest BCUT2D eigenvalue weighted by Crippen LogP contribution is -1.60. The molecular formula is C20H22. The first-order chi connectivity index (χ1) is 9.79. The van der Waals surface area contributed by atoms with E-state index in [1.165, 1.54) is 11.1 Å². The maximum absolute atomic E-state index is 2.09. The molecule has 0 unspecified atom stereocenters. The van der Waals surface area contributed by atoms with Gasteiger partial charge in [-0.15, -0.1) is 0 Å². The summed E-state index contributed by atoms with van der Waals surface area (Å²) in [5, 5.41) is 0. The van der Waals surface area contributed by atoms with Crippen molar-refractivity contribution < 1.29 is 0 Å². The Hall–Kier alpha value is -2.34. The molecule has 0 spiro atoms. The molecule has 0 aliphatic rings. The van der Waals surface area contributed by atoms with Crippen molar-refractivity contribution >= 4 is 0 Å². The summed E-state index contributed by atoms with van der Waals surface area (Å²) in [6.07, 6.45) is 0. The van der Waals surface area contributed by atoms with E-state index in [2.05, 4.69) is 38.1 Å². The highest BCUT2D eigenvalue weighted by Gasteiger charge is 1.71. The lowest BCUT2D eigenvalue weighted by molar-refractivity contribution is 1.49. The van der Waals surface area contributed by atoms with Crippen LogP contribution < -0.4 is 0 Å². The van der Waals surface area contributed by atoms with Gasteiger partial charge in [-0.3, -0.25) is 0 Å². The summed E-state index contributed by atoms with van der Waals surface area (Å²) >= 11 is 0. The van der Waals surface area contributed by atoms with Crippen LogP contribution in [0, 0.1) is 13.8 Å². The van der Waals surface area contributed by atoms with Crippen LogP contribution in [0.15, 0.2) is 97.1 Å². The lowest BCUT2D eigenvalue weighted by Gasteiger charge is -1.80. The van der Waals surface area contributed by atoms with E-state index in [1.54, 1.807) is 0 Å². The van der Waals surface area contributed by atoms with E-state index in [-0.39, 0.29) is 0 Å². The van der Waals surface area contributed by atoms with Gasteiger partial charge in [0.1, 0.15) is 0 Å². The molecule has 0 amide bonds. The first kappa shape index (κ1) is 15.7. The van der Waals surface area contributed by atoms with Crippen molar-refractivity contribution in [1.29, 1.82) is 0 Å². The fourth-order valence-corrected chi connectivity index (χ4v) is 1.45. The largest absolute Gasteiger partial charge is 0.0623 e. The van der Waals surface area contributed by atoms with Gasteiger partial charge >= 0.3 is 0 Å². The topological polar surface area (TPSA) is 0 Å². The molecule has 0 heterocycles. The molecular weight excluding hydrogens is 240 g/mol. The molecule has 1 aromatic carbocycles. The van der Waals surface area contributed by atoms with Crippen LogP contribution in [0.25, 0.3) is 0 Å². The predicted molar refractivity (Wildman–Crippen MR) is 88.8 cm³/mol. The molecule has 102 valence electrons. The molecule has 0 bridgehead atoms. The zero-order valence-corrected chi connectivity index (χ0v) is 12.2. The fourth-order valence-electron chi connectivity index (χ4n) is 1.45. The highest BCUT2D eigenvalue weighted by molar-refractivity contribution is 5.10. The summed E-state index contributed by atoms with van der Waals surface area (Å²) in [5.74, 6) is 0. The zero-order valence-electron chi connectivity index (χ0n) is 12.2. The Kier molecular flexibility index (Phi) is 8.31. The maximum atomic E-state index is 2.09. The Morgan fingerprint density at radius 3 is 0.800 bits per heavy atom. The SMILES string of the molecule is Cc1ccccccccccc(C)cccccc1. The maximum Gasteiger partial charge on any atom is -0.0398 e. The molecule has 0 fully saturated rings. The Balaban J connectivity index is 3.19. The summed E-state index contributed by atoms with van der Waals surface area (Å²) in [6, 6.07) is 32.7. The predicted octanol–water partition coefficient (Wildman–Crippen LogP) is 5.68. The molecule has 0 N–H and O–H groups in total. The second-order valence-electron chi connectivity index (χ2n) is 4.46. The molecule has 0 aromatic heterocycles. The van der Waals surface area contributed by atoms with Gasteiger partial charge in [0.25, 0.3) is 0 Å². The van der Waals surface area contributed by atoms with Gasteiger partial charge in [-0.2, -0.15) is 0 Å². The van der Waals surface area contributed by atoms with Gasteiger partial charge in [0.05, 0.1) is 0 Å². The second kappa shape index (κ2) is 10.6. The van der Waals surface area contributed by atoms with Gasteiger partial charge in [0.2, 0.25) is 0 Å².